The van der Waals surface area contributed by atoms with Crippen molar-refractivity contribution in [3.63, 3.8) is 0 Å². The summed E-state index contributed by atoms with van der Waals surface area (Å²) in [5, 5.41) is 2.63. The molecule has 0 bridgehead atoms. The van der Waals surface area contributed by atoms with Crippen LogP contribution in [0.2, 0.25) is 0 Å². The second-order valence-corrected chi connectivity index (χ2v) is 11.5. The van der Waals surface area contributed by atoms with Crippen LogP contribution in [0.25, 0.3) is 0 Å². The minimum Gasteiger partial charge on any atom is -0.497 e. The molecular formula is C25H30N2O4S2. The van der Waals surface area contributed by atoms with Gasteiger partial charge in [0.1, 0.15) is 16.4 Å². The second-order valence-electron chi connectivity index (χ2n) is 8.47. The van der Waals surface area contributed by atoms with Crippen LogP contribution >= 0.6 is 11.3 Å². The first-order chi connectivity index (χ1) is 15.8. The van der Waals surface area contributed by atoms with Crippen molar-refractivity contribution in [2.75, 3.05) is 32.2 Å². The summed E-state index contributed by atoms with van der Waals surface area (Å²) < 4.78 is 37.2. The van der Waals surface area contributed by atoms with Crippen LogP contribution in [0.5, 0.6) is 11.5 Å². The number of aryl methyl sites for hydroxylation is 2. The quantitative estimate of drug-likeness (QED) is 0.477. The van der Waals surface area contributed by atoms with Crippen LogP contribution in [0, 0.1) is 13.8 Å². The minimum atomic E-state index is -3.50. The second kappa shape index (κ2) is 9.73. The molecule has 3 aromatic rings. The number of anilines is 1. The Morgan fingerprint density at radius 3 is 2.45 bits per heavy atom. The van der Waals surface area contributed by atoms with E-state index in [0.29, 0.717) is 37.4 Å². The number of methoxy groups -OCH3 is 2. The Morgan fingerprint density at radius 1 is 1.03 bits per heavy atom. The Balaban J connectivity index is 1.42. The smallest absolute Gasteiger partial charge is 0.185 e. The molecule has 0 radical (unpaired) electrons. The van der Waals surface area contributed by atoms with Gasteiger partial charge < -0.3 is 14.4 Å². The van der Waals surface area contributed by atoms with Gasteiger partial charge in [0.2, 0.25) is 0 Å². The van der Waals surface area contributed by atoms with Gasteiger partial charge in [-0.15, -0.1) is 11.3 Å². The molecule has 0 spiro atoms. The van der Waals surface area contributed by atoms with Crippen LogP contribution in [0.3, 0.4) is 0 Å². The summed E-state index contributed by atoms with van der Waals surface area (Å²) in [6.07, 6.45) is 1.92. The number of thiazole rings is 1. The zero-order chi connectivity index (χ0) is 23.6. The lowest BCUT2D eigenvalue weighted by Crippen LogP contribution is -2.39. The summed E-state index contributed by atoms with van der Waals surface area (Å²) in [6.45, 7) is 5.58. The standard InChI is InChI=1S/C25H30N2O4S2/c1-17-5-6-19(13-18(17)2)14-20-16-32-25(26-20)27-11-9-22(10-12-27)33(28,29)24-8-7-21(30-3)15-23(24)31-4/h5-8,13,15-16,22H,9-12,14H2,1-4H3. The number of ether oxygens (including phenoxy) is 2. The highest BCUT2D eigenvalue weighted by atomic mass is 32.2. The van der Waals surface area contributed by atoms with E-state index in [0.717, 1.165) is 17.2 Å². The lowest BCUT2D eigenvalue weighted by Gasteiger charge is -2.31. The van der Waals surface area contributed by atoms with Gasteiger partial charge in [0.25, 0.3) is 0 Å². The van der Waals surface area contributed by atoms with E-state index in [9.17, 15) is 8.42 Å². The number of nitrogens with zero attached hydrogens (tertiary/aromatic N) is 2. The number of benzene rings is 2. The third kappa shape index (κ3) is 5.01. The zero-order valence-electron chi connectivity index (χ0n) is 19.5. The first-order valence-electron chi connectivity index (χ1n) is 11.0. The van der Waals surface area contributed by atoms with Gasteiger partial charge in [-0.25, -0.2) is 13.4 Å². The highest BCUT2D eigenvalue weighted by molar-refractivity contribution is 7.92. The Hall–Kier alpha value is -2.58. The average Bonchev–Trinajstić information content (AvgIpc) is 3.29. The molecule has 0 amide bonds. The molecule has 1 aliphatic rings. The minimum absolute atomic E-state index is 0.231. The molecule has 176 valence electrons. The Bertz CT molecular complexity index is 1230. The van der Waals surface area contributed by atoms with Crippen molar-refractivity contribution in [3.05, 3.63) is 64.2 Å². The lowest BCUT2D eigenvalue weighted by molar-refractivity contribution is 0.385. The van der Waals surface area contributed by atoms with Gasteiger partial charge in [0.05, 0.1) is 25.2 Å². The predicted molar refractivity (Wildman–Crippen MR) is 133 cm³/mol. The summed E-state index contributed by atoms with van der Waals surface area (Å²) in [5.74, 6) is 0.897. The summed E-state index contributed by atoms with van der Waals surface area (Å²) >= 11 is 1.63. The fraction of sp³-hybridized carbons (Fsp3) is 0.400. The van der Waals surface area contributed by atoms with Crippen LogP contribution < -0.4 is 14.4 Å². The Morgan fingerprint density at radius 2 is 1.79 bits per heavy atom. The normalized spacial score (nSPS) is 15.0. The van der Waals surface area contributed by atoms with Crippen LogP contribution in [0.1, 0.15) is 35.2 Å². The van der Waals surface area contributed by atoms with E-state index in [4.69, 9.17) is 14.5 Å². The van der Waals surface area contributed by atoms with E-state index in [1.54, 1.807) is 36.6 Å². The number of piperidine rings is 1. The van der Waals surface area contributed by atoms with Crippen LogP contribution in [0.15, 0.2) is 46.7 Å². The number of aromatic nitrogens is 1. The molecule has 0 aliphatic carbocycles. The van der Waals surface area contributed by atoms with E-state index in [1.807, 2.05) is 0 Å². The fourth-order valence-corrected chi connectivity index (χ4v) is 6.94. The summed E-state index contributed by atoms with van der Waals surface area (Å²) in [6, 6.07) is 11.4. The zero-order valence-corrected chi connectivity index (χ0v) is 21.1. The lowest BCUT2D eigenvalue weighted by atomic mass is 10.0. The van der Waals surface area contributed by atoms with E-state index in [1.165, 1.54) is 23.8 Å². The van der Waals surface area contributed by atoms with Gasteiger partial charge in [-0.2, -0.15) is 0 Å². The molecule has 2 aromatic carbocycles. The molecule has 1 aromatic heterocycles. The first kappa shape index (κ1) is 23.6. The van der Waals surface area contributed by atoms with E-state index in [-0.39, 0.29) is 4.90 Å². The van der Waals surface area contributed by atoms with Crippen LogP contribution in [-0.4, -0.2) is 46.0 Å². The van der Waals surface area contributed by atoms with Gasteiger partial charge in [0, 0.05) is 31.0 Å². The number of rotatable bonds is 7. The van der Waals surface area contributed by atoms with E-state index < -0.39 is 15.1 Å². The number of sulfone groups is 1. The molecule has 4 rings (SSSR count). The molecule has 33 heavy (non-hydrogen) atoms. The Labute approximate surface area is 200 Å². The first-order valence-corrected chi connectivity index (χ1v) is 13.5. The Kier molecular flexibility index (Phi) is 6.95. The third-order valence-electron chi connectivity index (χ3n) is 6.32. The fourth-order valence-electron chi connectivity index (χ4n) is 4.19. The number of hydrogen-bond acceptors (Lipinski definition) is 7. The highest BCUT2D eigenvalue weighted by Gasteiger charge is 2.34. The molecule has 2 heterocycles. The van der Waals surface area contributed by atoms with E-state index >= 15 is 0 Å². The van der Waals surface area contributed by atoms with Crippen LogP contribution in [0.4, 0.5) is 5.13 Å². The molecule has 1 fully saturated rings. The van der Waals surface area contributed by atoms with Crippen molar-refractivity contribution >= 4 is 26.3 Å². The molecule has 0 N–H and O–H groups in total. The topological polar surface area (TPSA) is 68.7 Å². The predicted octanol–water partition coefficient (Wildman–Crippen LogP) is 4.81. The molecule has 0 saturated carbocycles. The van der Waals surface area contributed by atoms with Gasteiger partial charge in [-0.1, -0.05) is 18.2 Å². The van der Waals surface area contributed by atoms with Gasteiger partial charge >= 0.3 is 0 Å². The van der Waals surface area contributed by atoms with E-state index in [2.05, 4.69) is 42.3 Å². The third-order valence-corrected chi connectivity index (χ3v) is 9.57. The van der Waals surface area contributed by atoms with Gasteiger partial charge in [0.15, 0.2) is 15.0 Å². The molecule has 0 unspecified atom stereocenters. The summed E-state index contributed by atoms with van der Waals surface area (Å²) in [4.78, 5) is 7.27. The van der Waals surface area contributed by atoms with Crippen molar-refractivity contribution < 1.29 is 17.9 Å². The van der Waals surface area contributed by atoms with Crippen molar-refractivity contribution in [2.24, 2.45) is 0 Å². The van der Waals surface area contributed by atoms with Crippen molar-refractivity contribution in [1.82, 2.24) is 4.98 Å². The molecule has 1 saturated heterocycles. The maximum Gasteiger partial charge on any atom is 0.185 e. The largest absolute Gasteiger partial charge is 0.497 e. The van der Waals surface area contributed by atoms with Crippen molar-refractivity contribution in [2.45, 2.75) is 43.3 Å². The molecular weight excluding hydrogens is 456 g/mol. The van der Waals surface area contributed by atoms with Gasteiger partial charge in [-0.3, -0.25) is 0 Å². The number of hydrogen-bond donors (Lipinski definition) is 0. The highest BCUT2D eigenvalue weighted by Crippen LogP contribution is 2.35. The summed E-state index contributed by atoms with van der Waals surface area (Å²) in [7, 11) is -0.476. The van der Waals surface area contributed by atoms with Crippen molar-refractivity contribution in [3.8, 4) is 11.5 Å². The van der Waals surface area contributed by atoms with Gasteiger partial charge in [-0.05, 0) is 55.5 Å². The van der Waals surface area contributed by atoms with Crippen LogP contribution in [-0.2, 0) is 16.3 Å². The van der Waals surface area contributed by atoms with Crippen molar-refractivity contribution in [1.29, 1.82) is 0 Å². The SMILES string of the molecule is COc1ccc(S(=O)(=O)C2CCN(c3nc(Cc4ccc(C)c(C)c4)cs3)CC2)c(OC)c1. The molecule has 8 heteroatoms. The molecule has 6 nitrogen and oxygen atoms in total. The maximum absolute atomic E-state index is 13.3. The molecule has 1 aliphatic heterocycles. The summed E-state index contributed by atoms with van der Waals surface area (Å²) in [5.41, 5.74) is 4.90. The maximum atomic E-state index is 13.3. The molecule has 0 atom stereocenters. The monoisotopic (exact) mass is 486 g/mol. The average molecular weight is 487 g/mol.